The molecule has 1 saturated carbocycles. The molecule has 3 rings (SSSR count). The van der Waals surface area contributed by atoms with Crippen LogP contribution in [0.1, 0.15) is 23.5 Å². The highest BCUT2D eigenvalue weighted by molar-refractivity contribution is 5.91. The number of carbonyl (C=O) groups excluding carboxylic acids is 2. The molecule has 7 heteroatoms. The van der Waals surface area contributed by atoms with Crippen molar-refractivity contribution in [2.24, 2.45) is 11.1 Å². The molecule has 0 unspecified atom stereocenters. The maximum absolute atomic E-state index is 11.6. The number of methoxy groups -OCH3 is 1. The van der Waals surface area contributed by atoms with Gasteiger partial charge in [-0.05, 0) is 25.0 Å². The first kappa shape index (κ1) is 13.4. The first-order valence-electron chi connectivity index (χ1n) is 6.46. The van der Waals surface area contributed by atoms with Crippen LogP contribution in [0.25, 0.3) is 11.1 Å². The highest BCUT2D eigenvalue weighted by atomic mass is 16.5. The van der Waals surface area contributed by atoms with E-state index < -0.39 is 11.3 Å². The second kappa shape index (κ2) is 4.76. The highest BCUT2D eigenvalue weighted by Gasteiger charge is 2.52. The molecule has 1 aliphatic rings. The van der Waals surface area contributed by atoms with Gasteiger partial charge < -0.3 is 19.6 Å². The fraction of sp³-hybridized carbons (Fsp3) is 0.357. The second-order valence-electron chi connectivity index (χ2n) is 5.07. The summed E-state index contributed by atoms with van der Waals surface area (Å²) in [5, 5.41) is 0. The van der Waals surface area contributed by atoms with Gasteiger partial charge in [0.05, 0.1) is 7.11 Å². The number of amides is 1. The highest BCUT2D eigenvalue weighted by Crippen LogP contribution is 2.47. The number of ether oxygens (including phenoxy) is 2. The third-order valence-corrected chi connectivity index (χ3v) is 3.56. The van der Waals surface area contributed by atoms with Crippen LogP contribution in [0.4, 0.5) is 0 Å². The lowest BCUT2D eigenvalue weighted by molar-refractivity contribution is -0.148. The van der Waals surface area contributed by atoms with Gasteiger partial charge in [0.15, 0.2) is 5.58 Å². The van der Waals surface area contributed by atoms with E-state index in [1.165, 1.54) is 7.11 Å². The summed E-state index contributed by atoms with van der Waals surface area (Å²) in [5.41, 5.74) is 5.51. The van der Waals surface area contributed by atoms with Crippen LogP contribution < -0.4 is 10.5 Å². The fourth-order valence-electron chi connectivity index (χ4n) is 2.10. The molecule has 0 saturated heterocycles. The fourth-order valence-corrected chi connectivity index (χ4v) is 2.10. The Labute approximate surface area is 120 Å². The number of benzene rings is 1. The van der Waals surface area contributed by atoms with Gasteiger partial charge in [-0.15, -0.1) is 0 Å². The summed E-state index contributed by atoms with van der Waals surface area (Å²) in [7, 11) is 1.37. The number of hydrogen-bond acceptors (Lipinski definition) is 6. The Morgan fingerprint density at radius 1 is 1.43 bits per heavy atom. The quantitative estimate of drug-likeness (QED) is 0.831. The molecule has 21 heavy (non-hydrogen) atoms. The predicted molar refractivity (Wildman–Crippen MR) is 71.7 cm³/mol. The maximum atomic E-state index is 11.6. The van der Waals surface area contributed by atoms with Crippen LogP contribution in [0.5, 0.6) is 5.75 Å². The smallest absolute Gasteiger partial charge is 0.315 e. The lowest BCUT2D eigenvalue weighted by atomic mass is 10.1. The number of hydrogen-bond donors (Lipinski definition) is 1. The van der Waals surface area contributed by atoms with E-state index in [1.807, 2.05) is 0 Å². The summed E-state index contributed by atoms with van der Waals surface area (Å²) in [5.74, 6) is -0.574. The summed E-state index contributed by atoms with van der Waals surface area (Å²) < 4.78 is 15.6. The Morgan fingerprint density at radius 2 is 2.19 bits per heavy atom. The minimum Gasteiger partial charge on any atom is -0.492 e. The van der Waals surface area contributed by atoms with Crippen molar-refractivity contribution in [2.75, 3.05) is 13.7 Å². The Balaban J connectivity index is 1.76. The van der Waals surface area contributed by atoms with Crippen molar-refractivity contribution in [1.82, 2.24) is 4.98 Å². The average molecular weight is 290 g/mol. The van der Waals surface area contributed by atoms with Crippen LogP contribution in [0.15, 0.2) is 22.6 Å². The molecule has 0 aliphatic heterocycles. The van der Waals surface area contributed by atoms with Gasteiger partial charge in [0.1, 0.15) is 23.3 Å². The van der Waals surface area contributed by atoms with E-state index in [1.54, 1.807) is 18.2 Å². The van der Waals surface area contributed by atoms with Gasteiger partial charge >= 0.3 is 11.9 Å². The number of rotatable bonds is 5. The molecule has 2 aromatic rings. The van der Waals surface area contributed by atoms with Crippen LogP contribution in [0.2, 0.25) is 0 Å². The minimum atomic E-state index is -0.726. The number of nitrogens with two attached hydrogens (primary N) is 1. The van der Waals surface area contributed by atoms with E-state index in [4.69, 9.17) is 19.6 Å². The van der Waals surface area contributed by atoms with E-state index in [2.05, 4.69) is 4.98 Å². The Bertz CT molecular complexity index is 717. The summed E-state index contributed by atoms with van der Waals surface area (Å²) >= 11 is 0. The molecule has 0 spiro atoms. The van der Waals surface area contributed by atoms with Gasteiger partial charge in [0, 0.05) is 6.07 Å². The molecule has 1 aromatic heterocycles. The van der Waals surface area contributed by atoms with E-state index in [0.29, 0.717) is 16.8 Å². The van der Waals surface area contributed by atoms with E-state index in [0.717, 1.165) is 12.8 Å². The molecular weight excluding hydrogens is 276 g/mol. The standard InChI is InChI=1S/C14H14N2O5/c1-19-13(18)14(4-5-14)7-20-8-2-3-10-9(6-8)16-12(21-10)11(15)17/h2-3,6H,4-5,7H2,1H3,(H2,15,17). The lowest BCUT2D eigenvalue weighted by Gasteiger charge is -2.13. The number of primary amides is 1. The molecule has 7 nitrogen and oxygen atoms in total. The topological polar surface area (TPSA) is 105 Å². The van der Waals surface area contributed by atoms with Crippen molar-refractivity contribution in [3.05, 3.63) is 24.1 Å². The number of fused-ring (bicyclic) bond motifs is 1. The summed E-state index contributed by atoms with van der Waals surface area (Å²) in [6.45, 7) is 0.256. The van der Waals surface area contributed by atoms with Crippen molar-refractivity contribution in [3.8, 4) is 5.75 Å². The van der Waals surface area contributed by atoms with Gasteiger partial charge in [-0.1, -0.05) is 0 Å². The monoisotopic (exact) mass is 290 g/mol. The van der Waals surface area contributed by atoms with Crippen LogP contribution in [0, 0.1) is 5.41 Å². The first-order chi connectivity index (χ1) is 10.0. The van der Waals surface area contributed by atoms with E-state index in [-0.39, 0.29) is 18.5 Å². The van der Waals surface area contributed by atoms with Crippen molar-refractivity contribution >= 4 is 23.0 Å². The molecule has 1 aliphatic carbocycles. The van der Waals surface area contributed by atoms with E-state index in [9.17, 15) is 9.59 Å². The van der Waals surface area contributed by atoms with Crippen molar-refractivity contribution < 1.29 is 23.5 Å². The van der Waals surface area contributed by atoms with Gasteiger partial charge in [0.25, 0.3) is 5.89 Å². The maximum Gasteiger partial charge on any atom is 0.315 e. The second-order valence-corrected chi connectivity index (χ2v) is 5.07. The molecule has 2 N–H and O–H groups in total. The summed E-state index contributed by atoms with van der Waals surface area (Å²) in [6, 6.07) is 4.96. The van der Waals surface area contributed by atoms with Crippen LogP contribution in [0.3, 0.4) is 0 Å². The lowest BCUT2D eigenvalue weighted by Crippen LogP contribution is -2.24. The minimum absolute atomic E-state index is 0.143. The number of nitrogens with zero attached hydrogens (tertiary/aromatic N) is 1. The Kier molecular flexibility index (Phi) is 3.04. The van der Waals surface area contributed by atoms with Crippen molar-refractivity contribution in [3.63, 3.8) is 0 Å². The van der Waals surface area contributed by atoms with Crippen molar-refractivity contribution in [1.29, 1.82) is 0 Å². The number of aromatic nitrogens is 1. The van der Waals surface area contributed by atoms with Gasteiger partial charge in [-0.2, -0.15) is 0 Å². The van der Waals surface area contributed by atoms with Crippen molar-refractivity contribution in [2.45, 2.75) is 12.8 Å². The SMILES string of the molecule is COC(=O)C1(COc2ccc3oc(C(N)=O)nc3c2)CC1. The molecular formula is C14H14N2O5. The summed E-state index contributed by atoms with van der Waals surface area (Å²) in [4.78, 5) is 26.6. The average Bonchev–Trinajstić information content (AvgIpc) is 3.15. The third-order valence-electron chi connectivity index (χ3n) is 3.56. The zero-order valence-corrected chi connectivity index (χ0v) is 11.4. The summed E-state index contributed by atoms with van der Waals surface area (Å²) in [6.07, 6.45) is 1.52. The zero-order valence-electron chi connectivity index (χ0n) is 11.4. The molecule has 1 heterocycles. The molecule has 1 fully saturated rings. The van der Waals surface area contributed by atoms with Gasteiger partial charge in [0.2, 0.25) is 0 Å². The van der Waals surface area contributed by atoms with Gasteiger partial charge in [-0.3, -0.25) is 9.59 Å². The molecule has 1 amide bonds. The molecule has 1 aromatic carbocycles. The normalized spacial score (nSPS) is 15.7. The molecule has 0 atom stereocenters. The van der Waals surface area contributed by atoms with E-state index >= 15 is 0 Å². The Hall–Kier alpha value is -2.57. The molecule has 0 radical (unpaired) electrons. The van der Waals surface area contributed by atoms with Crippen LogP contribution in [-0.4, -0.2) is 30.6 Å². The number of carbonyl (C=O) groups is 2. The zero-order chi connectivity index (χ0) is 15.0. The largest absolute Gasteiger partial charge is 0.492 e. The molecule has 0 bridgehead atoms. The number of oxazole rings is 1. The van der Waals surface area contributed by atoms with Crippen LogP contribution >= 0.6 is 0 Å². The Morgan fingerprint density at radius 3 is 2.81 bits per heavy atom. The molecule has 110 valence electrons. The first-order valence-corrected chi connectivity index (χ1v) is 6.46. The van der Waals surface area contributed by atoms with Crippen LogP contribution in [-0.2, 0) is 9.53 Å². The van der Waals surface area contributed by atoms with Gasteiger partial charge in [-0.25, -0.2) is 4.98 Å². The number of esters is 1. The predicted octanol–water partition coefficient (Wildman–Crippen LogP) is 1.26. The third kappa shape index (κ3) is 2.42.